The molecule has 0 spiro atoms. The first kappa shape index (κ1) is 11.5. The number of hydrogen-bond donors (Lipinski definition) is 0. The molecule has 3 heteroatoms. The predicted octanol–water partition coefficient (Wildman–Crippen LogP) is 2.52. The standard InChI is InChI=1S/C14H14N2O/c1-10-3-5-12(6-4-10)7-13(17)14-15-8-11(2)9-16-14/h3-6,8-9H,7H2,1-2H3. The van der Waals surface area contributed by atoms with E-state index in [0.717, 1.165) is 11.1 Å². The molecule has 0 amide bonds. The van der Waals surface area contributed by atoms with Crippen LogP contribution in [-0.4, -0.2) is 15.8 Å². The highest BCUT2D eigenvalue weighted by Gasteiger charge is 2.09. The summed E-state index contributed by atoms with van der Waals surface area (Å²) in [5.41, 5.74) is 3.13. The first-order valence-corrected chi connectivity index (χ1v) is 5.52. The van der Waals surface area contributed by atoms with Gasteiger partial charge in [-0.25, -0.2) is 9.97 Å². The van der Waals surface area contributed by atoms with Gasteiger partial charge in [0.25, 0.3) is 0 Å². The minimum Gasteiger partial charge on any atom is -0.290 e. The lowest BCUT2D eigenvalue weighted by molar-refractivity contribution is 0.0983. The average Bonchev–Trinajstić information content (AvgIpc) is 2.33. The van der Waals surface area contributed by atoms with Gasteiger partial charge in [-0.1, -0.05) is 29.8 Å². The molecule has 0 atom stereocenters. The maximum Gasteiger partial charge on any atom is 0.204 e. The molecule has 1 aromatic carbocycles. The van der Waals surface area contributed by atoms with Crippen LogP contribution in [0.3, 0.4) is 0 Å². The quantitative estimate of drug-likeness (QED) is 0.755. The van der Waals surface area contributed by atoms with Crippen molar-refractivity contribution in [2.75, 3.05) is 0 Å². The highest BCUT2D eigenvalue weighted by Crippen LogP contribution is 2.06. The van der Waals surface area contributed by atoms with E-state index in [4.69, 9.17) is 0 Å². The van der Waals surface area contributed by atoms with Gasteiger partial charge < -0.3 is 0 Å². The predicted molar refractivity (Wildman–Crippen MR) is 66.0 cm³/mol. The van der Waals surface area contributed by atoms with E-state index in [1.807, 2.05) is 38.1 Å². The zero-order valence-corrected chi connectivity index (χ0v) is 9.97. The van der Waals surface area contributed by atoms with Gasteiger partial charge in [-0.05, 0) is 25.0 Å². The highest BCUT2D eigenvalue weighted by atomic mass is 16.1. The number of carbonyl (C=O) groups is 1. The Kier molecular flexibility index (Phi) is 3.28. The summed E-state index contributed by atoms with van der Waals surface area (Å²) in [7, 11) is 0. The first-order valence-electron chi connectivity index (χ1n) is 5.52. The van der Waals surface area contributed by atoms with Crippen LogP contribution in [0.25, 0.3) is 0 Å². The number of aryl methyl sites for hydroxylation is 2. The molecule has 0 aliphatic rings. The van der Waals surface area contributed by atoms with Gasteiger partial charge in [0, 0.05) is 18.8 Å². The van der Waals surface area contributed by atoms with Crippen molar-refractivity contribution in [3.63, 3.8) is 0 Å². The Balaban J connectivity index is 2.11. The van der Waals surface area contributed by atoms with Crippen LogP contribution in [0.1, 0.15) is 27.3 Å². The minimum absolute atomic E-state index is 0.0474. The molecule has 1 aromatic heterocycles. The van der Waals surface area contributed by atoms with Crippen LogP contribution >= 0.6 is 0 Å². The molecule has 0 unspecified atom stereocenters. The van der Waals surface area contributed by atoms with E-state index < -0.39 is 0 Å². The van der Waals surface area contributed by atoms with E-state index in [1.54, 1.807) is 12.4 Å². The number of carbonyl (C=O) groups excluding carboxylic acids is 1. The topological polar surface area (TPSA) is 42.9 Å². The molecule has 0 N–H and O–H groups in total. The van der Waals surface area contributed by atoms with Crippen LogP contribution in [0.2, 0.25) is 0 Å². The van der Waals surface area contributed by atoms with Crippen LogP contribution < -0.4 is 0 Å². The fourth-order valence-corrected chi connectivity index (χ4v) is 1.51. The molecule has 1 heterocycles. The van der Waals surface area contributed by atoms with Crippen molar-refractivity contribution in [2.24, 2.45) is 0 Å². The van der Waals surface area contributed by atoms with Gasteiger partial charge >= 0.3 is 0 Å². The molecule has 0 saturated carbocycles. The lowest BCUT2D eigenvalue weighted by Crippen LogP contribution is -2.08. The molecule has 0 radical (unpaired) electrons. The molecule has 17 heavy (non-hydrogen) atoms. The van der Waals surface area contributed by atoms with E-state index in [0.29, 0.717) is 6.42 Å². The minimum atomic E-state index is -0.0474. The van der Waals surface area contributed by atoms with Crippen molar-refractivity contribution in [3.05, 3.63) is 59.2 Å². The summed E-state index contributed by atoms with van der Waals surface area (Å²) in [6, 6.07) is 7.92. The molecule has 0 saturated heterocycles. The lowest BCUT2D eigenvalue weighted by Gasteiger charge is -2.01. The second kappa shape index (κ2) is 4.87. The van der Waals surface area contributed by atoms with Gasteiger partial charge in [-0.15, -0.1) is 0 Å². The van der Waals surface area contributed by atoms with Crippen LogP contribution in [-0.2, 0) is 6.42 Å². The number of hydrogen-bond acceptors (Lipinski definition) is 3. The van der Waals surface area contributed by atoms with Crippen molar-refractivity contribution in [1.82, 2.24) is 9.97 Å². The van der Waals surface area contributed by atoms with Crippen molar-refractivity contribution in [1.29, 1.82) is 0 Å². The number of benzene rings is 1. The molecular weight excluding hydrogens is 212 g/mol. The number of nitrogens with zero attached hydrogens (tertiary/aromatic N) is 2. The van der Waals surface area contributed by atoms with E-state index in [9.17, 15) is 4.79 Å². The van der Waals surface area contributed by atoms with Gasteiger partial charge in [0.15, 0.2) is 5.82 Å². The largest absolute Gasteiger partial charge is 0.290 e. The Morgan fingerprint density at radius 2 is 1.59 bits per heavy atom. The maximum atomic E-state index is 11.9. The van der Waals surface area contributed by atoms with E-state index in [2.05, 4.69) is 9.97 Å². The summed E-state index contributed by atoms with van der Waals surface area (Å²) in [5.74, 6) is 0.241. The van der Waals surface area contributed by atoms with Gasteiger partial charge in [0.2, 0.25) is 5.78 Å². The third kappa shape index (κ3) is 2.97. The van der Waals surface area contributed by atoms with Crippen molar-refractivity contribution < 1.29 is 4.79 Å². The van der Waals surface area contributed by atoms with Gasteiger partial charge in [0.05, 0.1) is 0 Å². The summed E-state index contributed by atoms with van der Waals surface area (Å²) in [4.78, 5) is 19.9. The molecule has 0 bridgehead atoms. The Morgan fingerprint density at radius 3 is 2.18 bits per heavy atom. The van der Waals surface area contributed by atoms with Gasteiger partial charge in [-0.3, -0.25) is 4.79 Å². The van der Waals surface area contributed by atoms with Crippen LogP contribution in [0, 0.1) is 13.8 Å². The average molecular weight is 226 g/mol. The Morgan fingerprint density at radius 1 is 1.00 bits per heavy atom. The molecule has 0 aliphatic carbocycles. The summed E-state index contributed by atoms with van der Waals surface area (Å²) < 4.78 is 0. The second-order valence-corrected chi connectivity index (χ2v) is 4.17. The van der Waals surface area contributed by atoms with Crippen molar-refractivity contribution in [2.45, 2.75) is 20.3 Å². The number of ketones is 1. The smallest absolute Gasteiger partial charge is 0.204 e. The number of aromatic nitrogens is 2. The Labute approximate surface area is 101 Å². The molecule has 2 aromatic rings. The van der Waals surface area contributed by atoms with E-state index >= 15 is 0 Å². The lowest BCUT2D eigenvalue weighted by atomic mass is 10.1. The first-order chi connectivity index (χ1) is 8.15. The number of rotatable bonds is 3. The summed E-state index contributed by atoms with van der Waals surface area (Å²) >= 11 is 0. The Hall–Kier alpha value is -2.03. The van der Waals surface area contributed by atoms with Gasteiger partial charge in [-0.2, -0.15) is 0 Å². The van der Waals surface area contributed by atoms with Crippen LogP contribution in [0.15, 0.2) is 36.7 Å². The van der Waals surface area contributed by atoms with Crippen LogP contribution in [0.4, 0.5) is 0 Å². The van der Waals surface area contributed by atoms with Crippen molar-refractivity contribution >= 4 is 5.78 Å². The summed E-state index contributed by atoms with van der Waals surface area (Å²) in [5, 5.41) is 0. The maximum absolute atomic E-state index is 11.9. The molecule has 86 valence electrons. The molecule has 3 nitrogen and oxygen atoms in total. The summed E-state index contributed by atoms with van der Waals surface area (Å²) in [6.07, 6.45) is 3.67. The third-order valence-electron chi connectivity index (χ3n) is 2.52. The molecule has 2 rings (SSSR count). The zero-order valence-electron chi connectivity index (χ0n) is 9.97. The fourth-order valence-electron chi connectivity index (χ4n) is 1.51. The Bertz CT molecular complexity index is 515. The highest BCUT2D eigenvalue weighted by molar-refractivity contribution is 5.93. The van der Waals surface area contributed by atoms with E-state index in [1.165, 1.54) is 5.56 Å². The van der Waals surface area contributed by atoms with Crippen LogP contribution in [0.5, 0.6) is 0 Å². The molecular formula is C14H14N2O. The van der Waals surface area contributed by atoms with E-state index in [-0.39, 0.29) is 11.6 Å². The monoisotopic (exact) mass is 226 g/mol. The SMILES string of the molecule is Cc1ccc(CC(=O)c2ncc(C)cn2)cc1. The molecule has 0 aliphatic heterocycles. The molecule has 0 fully saturated rings. The van der Waals surface area contributed by atoms with Gasteiger partial charge in [0.1, 0.15) is 0 Å². The fraction of sp³-hybridized carbons (Fsp3) is 0.214. The second-order valence-electron chi connectivity index (χ2n) is 4.17. The summed E-state index contributed by atoms with van der Waals surface area (Å²) in [6.45, 7) is 3.92. The third-order valence-corrected chi connectivity index (χ3v) is 2.52. The normalized spacial score (nSPS) is 10.2. The van der Waals surface area contributed by atoms with Crippen molar-refractivity contribution in [3.8, 4) is 0 Å². The zero-order chi connectivity index (χ0) is 12.3. The number of Topliss-reactive ketones (excluding diaryl/α,β-unsaturated/α-hetero) is 1.